The Kier molecular flexibility index (Phi) is 4.93. The molecular formula is C24H31N5O. The average Bonchev–Trinajstić information content (AvgIpc) is 2.65. The number of phenols is 1. The molecule has 158 valence electrons. The van der Waals surface area contributed by atoms with Crippen LogP contribution in [0, 0.1) is 6.92 Å². The molecule has 0 atom stereocenters. The van der Waals surface area contributed by atoms with Crippen LogP contribution in [0.3, 0.4) is 0 Å². The Labute approximate surface area is 178 Å². The summed E-state index contributed by atoms with van der Waals surface area (Å²) in [6.45, 7) is 11.0. The van der Waals surface area contributed by atoms with Crippen molar-refractivity contribution in [1.82, 2.24) is 20.5 Å². The van der Waals surface area contributed by atoms with Crippen molar-refractivity contribution >= 4 is 16.6 Å². The summed E-state index contributed by atoms with van der Waals surface area (Å²) >= 11 is 0. The molecule has 1 saturated heterocycles. The van der Waals surface area contributed by atoms with Gasteiger partial charge in [-0.1, -0.05) is 0 Å². The molecule has 4 rings (SSSR count). The lowest BCUT2D eigenvalue weighted by molar-refractivity contribution is 0.160. The third-order valence-electron chi connectivity index (χ3n) is 5.98. The highest BCUT2D eigenvalue weighted by atomic mass is 16.3. The molecule has 0 unspecified atom stereocenters. The first kappa shape index (κ1) is 20.5. The monoisotopic (exact) mass is 405 g/mol. The molecule has 0 bridgehead atoms. The summed E-state index contributed by atoms with van der Waals surface area (Å²) in [5.74, 6) is 1.03. The number of rotatable bonds is 3. The Morgan fingerprint density at radius 1 is 1.00 bits per heavy atom. The number of piperidine rings is 1. The Balaban J connectivity index is 1.61. The fourth-order valence-corrected chi connectivity index (χ4v) is 4.88. The first-order valence-corrected chi connectivity index (χ1v) is 10.5. The average molecular weight is 406 g/mol. The van der Waals surface area contributed by atoms with Crippen LogP contribution in [0.25, 0.3) is 22.0 Å². The van der Waals surface area contributed by atoms with Crippen LogP contribution in [0.15, 0.2) is 36.5 Å². The fourth-order valence-electron chi connectivity index (χ4n) is 4.88. The van der Waals surface area contributed by atoms with Gasteiger partial charge in [-0.25, -0.2) is 0 Å². The van der Waals surface area contributed by atoms with Crippen molar-refractivity contribution in [2.24, 2.45) is 0 Å². The minimum Gasteiger partial charge on any atom is -0.507 e. The van der Waals surface area contributed by atoms with Gasteiger partial charge in [0.05, 0.1) is 5.69 Å². The lowest BCUT2D eigenvalue weighted by atomic mass is 9.79. The topological polar surface area (TPSA) is 74.2 Å². The van der Waals surface area contributed by atoms with Gasteiger partial charge in [0, 0.05) is 47.0 Å². The van der Waals surface area contributed by atoms with E-state index < -0.39 is 0 Å². The molecule has 0 amide bonds. The van der Waals surface area contributed by atoms with Gasteiger partial charge < -0.3 is 15.3 Å². The molecular weight excluding hydrogens is 374 g/mol. The molecule has 3 heterocycles. The number of aromatic hydroxyl groups is 1. The number of anilines is 1. The van der Waals surface area contributed by atoms with Crippen LogP contribution in [0.2, 0.25) is 0 Å². The SMILES string of the molecule is Cc1cc2cc(-c3ccc(N(C)C4CC(C)(C)NC(C)(C)C4)nn3)c(O)cc2cn1. The zero-order chi connectivity index (χ0) is 21.7. The van der Waals surface area contributed by atoms with Gasteiger partial charge in [-0.2, -0.15) is 0 Å². The number of hydrogen-bond donors (Lipinski definition) is 2. The molecule has 1 aliphatic heterocycles. The molecule has 6 heteroatoms. The van der Waals surface area contributed by atoms with Crippen LogP contribution in [-0.4, -0.2) is 44.5 Å². The van der Waals surface area contributed by atoms with Crippen molar-refractivity contribution in [2.45, 2.75) is 64.6 Å². The molecule has 1 aliphatic rings. The summed E-state index contributed by atoms with van der Waals surface area (Å²) in [5.41, 5.74) is 2.41. The van der Waals surface area contributed by atoms with Crippen molar-refractivity contribution < 1.29 is 5.11 Å². The largest absolute Gasteiger partial charge is 0.507 e. The summed E-state index contributed by atoms with van der Waals surface area (Å²) in [6, 6.07) is 9.99. The molecule has 30 heavy (non-hydrogen) atoms. The van der Waals surface area contributed by atoms with Gasteiger partial charge in [-0.05, 0) is 83.2 Å². The maximum absolute atomic E-state index is 10.5. The number of aromatic nitrogens is 3. The molecule has 3 aromatic rings. The summed E-state index contributed by atoms with van der Waals surface area (Å²) in [6.07, 6.45) is 3.85. The number of pyridine rings is 1. The molecule has 0 radical (unpaired) electrons. The van der Waals surface area contributed by atoms with E-state index in [1.807, 2.05) is 31.2 Å². The van der Waals surface area contributed by atoms with Crippen LogP contribution in [0.4, 0.5) is 5.82 Å². The van der Waals surface area contributed by atoms with E-state index in [-0.39, 0.29) is 16.8 Å². The zero-order valence-electron chi connectivity index (χ0n) is 18.7. The Morgan fingerprint density at radius 3 is 2.33 bits per heavy atom. The van der Waals surface area contributed by atoms with Gasteiger partial charge in [-0.15, -0.1) is 10.2 Å². The number of aryl methyl sites for hydroxylation is 1. The predicted molar refractivity (Wildman–Crippen MR) is 122 cm³/mol. The third-order valence-corrected chi connectivity index (χ3v) is 5.98. The number of benzene rings is 1. The van der Waals surface area contributed by atoms with Crippen molar-refractivity contribution in [3.63, 3.8) is 0 Å². The molecule has 0 saturated carbocycles. The van der Waals surface area contributed by atoms with Gasteiger partial charge in [0.2, 0.25) is 0 Å². The van der Waals surface area contributed by atoms with E-state index in [0.717, 1.165) is 35.1 Å². The summed E-state index contributed by atoms with van der Waals surface area (Å²) in [5, 5.41) is 25.1. The highest BCUT2D eigenvalue weighted by Crippen LogP contribution is 2.34. The molecule has 0 aliphatic carbocycles. The van der Waals surface area contributed by atoms with Gasteiger partial charge in [0.25, 0.3) is 0 Å². The van der Waals surface area contributed by atoms with Gasteiger partial charge in [0.15, 0.2) is 5.82 Å². The van der Waals surface area contributed by atoms with Crippen molar-refractivity contribution in [3.05, 3.63) is 42.2 Å². The zero-order valence-corrected chi connectivity index (χ0v) is 18.7. The molecule has 2 aromatic heterocycles. The number of fused-ring (bicyclic) bond motifs is 1. The van der Waals surface area contributed by atoms with Gasteiger partial charge in [-0.3, -0.25) is 4.98 Å². The minimum absolute atomic E-state index is 0.0674. The van der Waals surface area contributed by atoms with Crippen LogP contribution < -0.4 is 10.2 Å². The summed E-state index contributed by atoms with van der Waals surface area (Å²) in [7, 11) is 2.09. The molecule has 1 aromatic carbocycles. The van der Waals surface area contributed by atoms with E-state index >= 15 is 0 Å². The van der Waals surface area contributed by atoms with Gasteiger partial charge in [0.1, 0.15) is 5.75 Å². The Hall–Kier alpha value is -2.73. The number of hydrogen-bond acceptors (Lipinski definition) is 6. The highest BCUT2D eigenvalue weighted by molar-refractivity contribution is 5.89. The second kappa shape index (κ2) is 7.20. The molecule has 1 fully saturated rings. The van der Waals surface area contributed by atoms with Crippen molar-refractivity contribution in [1.29, 1.82) is 0 Å². The minimum atomic E-state index is 0.0674. The van der Waals surface area contributed by atoms with Crippen LogP contribution in [0.1, 0.15) is 46.2 Å². The Bertz CT molecular complexity index is 1060. The predicted octanol–water partition coefficient (Wildman–Crippen LogP) is 4.45. The lowest BCUT2D eigenvalue weighted by Gasteiger charge is -2.49. The van der Waals surface area contributed by atoms with E-state index in [0.29, 0.717) is 17.3 Å². The Morgan fingerprint density at radius 2 is 1.70 bits per heavy atom. The first-order valence-electron chi connectivity index (χ1n) is 10.5. The van der Waals surface area contributed by atoms with E-state index in [4.69, 9.17) is 0 Å². The maximum Gasteiger partial charge on any atom is 0.151 e. The van der Waals surface area contributed by atoms with E-state index in [1.54, 1.807) is 12.3 Å². The van der Waals surface area contributed by atoms with Gasteiger partial charge >= 0.3 is 0 Å². The third kappa shape index (κ3) is 4.10. The normalized spacial score (nSPS) is 18.5. The molecule has 2 N–H and O–H groups in total. The number of nitrogens with one attached hydrogen (secondary N) is 1. The van der Waals surface area contributed by atoms with E-state index in [9.17, 15) is 5.11 Å². The second-order valence-electron chi connectivity index (χ2n) is 9.88. The lowest BCUT2D eigenvalue weighted by Crippen LogP contribution is -2.62. The highest BCUT2D eigenvalue weighted by Gasteiger charge is 2.39. The standard InChI is InChI=1S/C24H31N5O/c1-15-9-16-10-19(21(30)11-17(16)14-25-15)20-7-8-22(27-26-20)29(6)18-12-23(2,3)28-24(4,5)13-18/h7-11,14,18,28,30H,12-13H2,1-6H3. The van der Waals surface area contributed by atoms with Crippen molar-refractivity contribution in [3.8, 4) is 17.0 Å². The van der Waals surface area contributed by atoms with Crippen molar-refractivity contribution in [2.75, 3.05) is 11.9 Å². The second-order valence-corrected chi connectivity index (χ2v) is 9.88. The van der Waals surface area contributed by atoms with Crippen LogP contribution in [-0.2, 0) is 0 Å². The van der Waals surface area contributed by atoms with Crippen LogP contribution >= 0.6 is 0 Å². The first-order chi connectivity index (χ1) is 14.0. The summed E-state index contributed by atoms with van der Waals surface area (Å²) in [4.78, 5) is 6.53. The number of phenolic OH excluding ortho intramolecular Hbond substituents is 1. The summed E-state index contributed by atoms with van der Waals surface area (Å²) < 4.78 is 0. The fraction of sp³-hybridized carbons (Fsp3) is 0.458. The quantitative estimate of drug-likeness (QED) is 0.671. The maximum atomic E-state index is 10.5. The smallest absolute Gasteiger partial charge is 0.151 e. The number of nitrogens with zero attached hydrogens (tertiary/aromatic N) is 4. The molecule has 6 nitrogen and oxygen atoms in total. The van der Waals surface area contributed by atoms with Crippen LogP contribution in [0.5, 0.6) is 5.75 Å². The van der Waals surface area contributed by atoms with E-state index in [1.165, 1.54) is 0 Å². The molecule has 0 spiro atoms. The van der Waals surface area contributed by atoms with E-state index in [2.05, 4.69) is 60.1 Å².